The number of piperidine rings is 1. The van der Waals surface area contributed by atoms with Crippen LogP contribution in [0.1, 0.15) is 26.2 Å². The molecule has 4 heteroatoms. The molecule has 0 aromatic carbocycles. The van der Waals surface area contributed by atoms with Gasteiger partial charge in [-0.2, -0.15) is 0 Å². The second kappa shape index (κ2) is 4.94. The molecule has 0 radical (unpaired) electrons. The molecule has 2 aliphatic rings. The van der Waals surface area contributed by atoms with E-state index in [1.807, 2.05) is 4.90 Å². The Labute approximate surface area is 91.4 Å². The number of carbonyl (C=O) groups excluding carboxylic acids is 1. The fraction of sp³-hybridized carbons (Fsp3) is 0.909. The highest BCUT2D eigenvalue weighted by molar-refractivity contribution is 5.82. The van der Waals surface area contributed by atoms with Crippen LogP contribution in [0.2, 0.25) is 0 Å². The number of nitrogens with zero attached hydrogens (tertiary/aromatic N) is 1. The van der Waals surface area contributed by atoms with Crippen LogP contribution in [0, 0.1) is 0 Å². The molecule has 86 valence electrons. The Kier molecular flexibility index (Phi) is 3.59. The number of carbonyl (C=O) groups is 1. The van der Waals surface area contributed by atoms with Crippen molar-refractivity contribution in [3.05, 3.63) is 0 Å². The van der Waals surface area contributed by atoms with Gasteiger partial charge in [0.05, 0.1) is 6.04 Å². The highest BCUT2D eigenvalue weighted by Crippen LogP contribution is 2.11. The summed E-state index contributed by atoms with van der Waals surface area (Å²) < 4.78 is 0. The van der Waals surface area contributed by atoms with Crippen molar-refractivity contribution in [3.8, 4) is 0 Å². The summed E-state index contributed by atoms with van der Waals surface area (Å²) >= 11 is 0. The Bertz CT molecular complexity index is 226. The molecule has 0 unspecified atom stereocenters. The van der Waals surface area contributed by atoms with E-state index >= 15 is 0 Å². The molecule has 2 heterocycles. The van der Waals surface area contributed by atoms with Gasteiger partial charge in [0.2, 0.25) is 5.91 Å². The molecule has 0 spiro atoms. The first-order valence-electron chi connectivity index (χ1n) is 6.03. The standard InChI is InChI=1S/C11H21N3O/c1-9-8-14(7-6-12-9)11(15)10-4-2-3-5-13-10/h9-10,12-13H,2-8H2,1H3/t9-,10+/m0/s1. The summed E-state index contributed by atoms with van der Waals surface area (Å²) in [5.41, 5.74) is 0. The number of piperazine rings is 1. The first kappa shape index (κ1) is 10.9. The smallest absolute Gasteiger partial charge is 0.239 e. The van der Waals surface area contributed by atoms with Gasteiger partial charge in [-0.1, -0.05) is 6.42 Å². The van der Waals surface area contributed by atoms with Crippen LogP contribution in [0.3, 0.4) is 0 Å². The van der Waals surface area contributed by atoms with Crippen LogP contribution in [-0.4, -0.2) is 49.1 Å². The van der Waals surface area contributed by atoms with Crippen LogP contribution in [0.5, 0.6) is 0 Å². The minimum Gasteiger partial charge on any atom is -0.339 e. The maximum Gasteiger partial charge on any atom is 0.239 e. The van der Waals surface area contributed by atoms with E-state index in [0.29, 0.717) is 11.9 Å². The van der Waals surface area contributed by atoms with Gasteiger partial charge in [0.1, 0.15) is 0 Å². The Hall–Kier alpha value is -0.610. The molecule has 2 atom stereocenters. The van der Waals surface area contributed by atoms with Crippen molar-refractivity contribution in [2.75, 3.05) is 26.2 Å². The molecule has 2 fully saturated rings. The van der Waals surface area contributed by atoms with E-state index in [9.17, 15) is 4.79 Å². The monoisotopic (exact) mass is 211 g/mol. The largest absolute Gasteiger partial charge is 0.339 e. The molecule has 2 saturated heterocycles. The van der Waals surface area contributed by atoms with Crippen molar-refractivity contribution in [3.63, 3.8) is 0 Å². The highest BCUT2D eigenvalue weighted by atomic mass is 16.2. The van der Waals surface area contributed by atoms with Gasteiger partial charge in [0.25, 0.3) is 0 Å². The van der Waals surface area contributed by atoms with Crippen molar-refractivity contribution in [1.29, 1.82) is 0 Å². The van der Waals surface area contributed by atoms with Crippen molar-refractivity contribution in [2.24, 2.45) is 0 Å². The van der Waals surface area contributed by atoms with Gasteiger partial charge < -0.3 is 15.5 Å². The van der Waals surface area contributed by atoms with Gasteiger partial charge in [-0.3, -0.25) is 4.79 Å². The number of amides is 1. The van der Waals surface area contributed by atoms with E-state index in [1.165, 1.54) is 12.8 Å². The summed E-state index contributed by atoms with van der Waals surface area (Å²) in [6, 6.07) is 0.523. The Balaban J connectivity index is 1.88. The van der Waals surface area contributed by atoms with Crippen molar-refractivity contribution < 1.29 is 4.79 Å². The maximum atomic E-state index is 12.1. The molecular formula is C11H21N3O. The first-order valence-corrected chi connectivity index (χ1v) is 6.03. The summed E-state index contributed by atoms with van der Waals surface area (Å²) in [5.74, 6) is 0.308. The van der Waals surface area contributed by atoms with Crippen LogP contribution in [0.4, 0.5) is 0 Å². The van der Waals surface area contributed by atoms with E-state index < -0.39 is 0 Å². The van der Waals surface area contributed by atoms with E-state index in [-0.39, 0.29) is 6.04 Å². The molecule has 0 aromatic heterocycles. The van der Waals surface area contributed by atoms with E-state index in [0.717, 1.165) is 32.6 Å². The third-order valence-corrected chi connectivity index (χ3v) is 3.29. The quantitative estimate of drug-likeness (QED) is 0.639. The lowest BCUT2D eigenvalue weighted by Gasteiger charge is -2.35. The minimum atomic E-state index is 0.0871. The highest BCUT2D eigenvalue weighted by Gasteiger charge is 2.27. The normalized spacial score (nSPS) is 32.7. The lowest BCUT2D eigenvalue weighted by atomic mass is 10.0. The van der Waals surface area contributed by atoms with Crippen LogP contribution in [0.25, 0.3) is 0 Å². The van der Waals surface area contributed by atoms with Crippen molar-refractivity contribution in [2.45, 2.75) is 38.3 Å². The van der Waals surface area contributed by atoms with Gasteiger partial charge in [-0.15, -0.1) is 0 Å². The van der Waals surface area contributed by atoms with Crippen LogP contribution >= 0.6 is 0 Å². The molecular weight excluding hydrogens is 190 g/mol. The zero-order chi connectivity index (χ0) is 10.7. The molecule has 2 aliphatic heterocycles. The lowest BCUT2D eigenvalue weighted by Crippen LogP contribution is -2.56. The Morgan fingerprint density at radius 1 is 1.27 bits per heavy atom. The Morgan fingerprint density at radius 2 is 2.13 bits per heavy atom. The van der Waals surface area contributed by atoms with Crippen molar-refractivity contribution in [1.82, 2.24) is 15.5 Å². The zero-order valence-electron chi connectivity index (χ0n) is 9.46. The average molecular weight is 211 g/mol. The van der Waals surface area contributed by atoms with Crippen LogP contribution in [0.15, 0.2) is 0 Å². The molecule has 0 bridgehead atoms. The predicted molar refractivity (Wildman–Crippen MR) is 59.7 cm³/mol. The molecule has 0 aromatic rings. The number of rotatable bonds is 1. The van der Waals surface area contributed by atoms with E-state index in [1.54, 1.807) is 0 Å². The van der Waals surface area contributed by atoms with Gasteiger partial charge >= 0.3 is 0 Å². The SMILES string of the molecule is C[C@H]1CN(C(=O)[C@H]2CCCCN2)CCN1. The molecule has 15 heavy (non-hydrogen) atoms. The summed E-state index contributed by atoms with van der Waals surface area (Å²) in [4.78, 5) is 14.1. The number of hydrogen-bond donors (Lipinski definition) is 2. The van der Waals surface area contributed by atoms with E-state index in [4.69, 9.17) is 0 Å². The summed E-state index contributed by atoms with van der Waals surface area (Å²) in [6.45, 7) is 5.78. The molecule has 2 rings (SSSR count). The molecule has 0 saturated carbocycles. The second-order valence-electron chi connectivity index (χ2n) is 4.64. The van der Waals surface area contributed by atoms with E-state index in [2.05, 4.69) is 17.6 Å². The number of hydrogen-bond acceptors (Lipinski definition) is 3. The molecule has 0 aliphatic carbocycles. The first-order chi connectivity index (χ1) is 7.27. The zero-order valence-corrected chi connectivity index (χ0v) is 9.46. The third kappa shape index (κ3) is 2.69. The third-order valence-electron chi connectivity index (χ3n) is 3.29. The topological polar surface area (TPSA) is 44.4 Å². The van der Waals surface area contributed by atoms with Crippen LogP contribution in [-0.2, 0) is 4.79 Å². The van der Waals surface area contributed by atoms with Crippen LogP contribution < -0.4 is 10.6 Å². The summed E-state index contributed by atoms with van der Waals surface area (Å²) in [7, 11) is 0. The van der Waals surface area contributed by atoms with Gasteiger partial charge in [0.15, 0.2) is 0 Å². The fourth-order valence-electron chi connectivity index (χ4n) is 2.42. The maximum absolute atomic E-state index is 12.1. The molecule has 2 N–H and O–H groups in total. The Morgan fingerprint density at radius 3 is 2.80 bits per heavy atom. The lowest BCUT2D eigenvalue weighted by molar-refractivity contribution is -0.135. The molecule has 4 nitrogen and oxygen atoms in total. The second-order valence-corrected chi connectivity index (χ2v) is 4.64. The summed E-state index contributed by atoms with van der Waals surface area (Å²) in [5, 5.41) is 6.67. The average Bonchev–Trinajstić information content (AvgIpc) is 2.29. The van der Waals surface area contributed by atoms with Gasteiger partial charge in [-0.25, -0.2) is 0 Å². The van der Waals surface area contributed by atoms with Gasteiger partial charge in [0, 0.05) is 25.7 Å². The fourth-order valence-corrected chi connectivity index (χ4v) is 2.42. The summed E-state index contributed by atoms with van der Waals surface area (Å²) in [6.07, 6.45) is 3.41. The number of nitrogens with one attached hydrogen (secondary N) is 2. The minimum absolute atomic E-state index is 0.0871. The predicted octanol–water partition coefficient (Wildman–Crippen LogP) is -0.0512. The van der Waals surface area contributed by atoms with Gasteiger partial charge in [-0.05, 0) is 26.3 Å². The molecule has 1 amide bonds. The van der Waals surface area contributed by atoms with Crippen molar-refractivity contribution >= 4 is 5.91 Å².